The van der Waals surface area contributed by atoms with Gasteiger partial charge in [-0.05, 0) is 37.1 Å². The molecule has 5 heteroatoms. The van der Waals surface area contributed by atoms with Crippen molar-refractivity contribution >= 4 is 5.91 Å². The number of fused-ring (bicyclic) bond motifs is 1. The smallest absolute Gasteiger partial charge is 0.251 e. The first-order chi connectivity index (χ1) is 10.7. The quantitative estimate of drug-likeness (QED) is 0.901. The molecule has 3 rings (SSSR count). The summed E-state index contributed by atoms with van der Waals surface area (Å²) in [6.45, 7) is 3.32. The minimum atomic E-state index is -0.0309. The molecule has 1 aliphatic carbocycles. The molecule has 1 N–H and O–H groups in total. The average molecular weight is 305 g/mol. The highest BCUT2D eigenvalue weighted by atomic mass is 16.5. The summed E-state index contributed by atoms with van der Waals surface area (Å²) in [4.78, 5) is 12.6. The summed E-state index contributed by atoms with van der Waals surface area (Å²) in [7, 11) is 3.31. The molecule has 0 unspecified atom stereocenters. The van der Waals surface area contributed by atoms with Crippen LogP contribution in [0.4, 0.5) is 0 Å². The molecule has 22 heavy (non-hydrogen) atoms. The lowest BCUT2D eigenvalue weighted by molar-refractivity contribution is -0.0809. The number of benzene rings is 1. The Morgan fingerprint density at radius 2 is 2.23 bits per heavy atom. The maximum absolute atomic E-state index is 12.6. The molecule has 1 aliphatic heterocycles. The maximum Gasteiger partial charge on any atom is 0.251 e. The molecule has 1 saturated heterocycles. The number of hydrogen-bond acceptors (Lipinski definition) is 4. The van der Waals surface area contributed by atoms with Gasteiger partial charge in [-0.3, -0.25) is 4.79 Å². The topological polar surface area (TPSA) is 56.8 Å². The van der Waals surface area contributed by atoms with Crippen molar-refractivity contribution in [1.29, 1.82) is 0 Å². The van der Waals surface area contributed by atoms with Crippen LogP contribution in [-0.2, 0) is 9.47 Å². The Kier molecular flexibility index (Phi) is 4.36. The van der Waals surface area contributed by atoms with Crippen molar-refractivity contribution in [2.24, 2.45) is 11.8 Å². The van der Waals surface area contributed by atoms with Gasteiger partial charge in [0.15, 0.2) is 0 Å². The maximum atomic E-state index is 12.6. The second-order valence-electron chi connectivity index (χ2n) is 6.09. The standard InChI is InChI=1S/C17H23NO4/c1-10-8-11(21-3)4-5-12(10)17(19)18-15-13-6-7-22-16(13)14(15)9-20-2/h4-5,8,13-16H,6-7,9H2,1-3H3,(H,18,19)/t13-,14+,15+,16-/m0/s1. The highest BCUT2D eigenvalue weighted by molar-refractivity contribution is 5.96. The second-order valence-corrected chi connectivity index (χ2v) is 6.09. The molecular weight excluding hydrogens is 282 g/mol. The molecular formula is C17H23NO4. The van der Waals surface area contributed by atoms with Gasteiger partial charge in [-0.25, -0.2) is 0 Å². The van der Waals surface area contributed by atoms with Gasteiger partial charge in [0.2, 0.25) is 0 Å². The van der Waals surface area contributed by atoms with Crippen molar-refractivity contribution in [1.82, 2.24) is 5.32 Å². The zero-order chi connectivity index (χ0) is 15.7. The third-order valence-corrected chi connectivity index (χ3v) is 4.86. The summed E-state index contributed by atoms with van der Waals surface area (Å²) in [5.41, 5.74) is 1.61. The molecule has 4 atom stereocenters. The van der Waals surface area contributed by atoms with Crippen LogP contribution in [0.3, 0.4) is 0 Å². The summed E-state index contributed by atoms with van der Waals surface area (Å²) < 4.78 is 16.2. The number of methoxy groups -OCH3 is 2. The van der Waals surface area contributed by atoms with Crippen LogP contribution in [0.15, 0.2) is 18.2 Å². The summed E-state index contributed by atoms with van der Waals surface area (Å²) in [6, 6.07) is 5.65. The summed E-state index contributed by atoms with van der Waals surface area (Å²) in [6.07, 6.45) is 1.25. The van der Waals surface area contributed by atoms with Gasteiger partial charge in [-0.15, -0.1) is 0 Å². The molecule has 0 radical (unpaired) electrons. The van der Waals surface area contributed by atoms with Gasteiger partial charge < -0.3 is 19.5 Å². The van der Waals surface area contributed by atoms with Crippen LogP contribution in [0.1, 0.15) is 22.3 Å². The van der Waals surface area contributed by atoms with E-state index >= 15 is 0 Å². The van der Waals surface area contributed by atoms with E-state index in [2.05, 4.69) is 5.32 Å². The van der Waals surface area contributed by atoms with E-state index in [1.54, 1.807) is 14.2 Å². The van der Waals surface area contributed by atoms with Gasteiger partial charge in [0.1, 0.15) is 5.75 Å². The zero-order valence-corrected chi connectivity index (χ0v) is 13.3. The summed E-state index contributed by atoms with van der Waals surface area (Å²) >= 11 is 0. The first kappa shape index (κ1) is 15.3. The SMILES string of the molecule is COC[C@@H]1[C@H](NC(=O)c2ccc(OC)cc2C)[C@@H]2CCO[C@H]12. The fourth-order valence-electron chi connectivity index (χ4n) is 3.68. The van der Waals surface area contributed by atoms with Crippen LogP contribution < -0.4 is 10.1 Å². The molecule has 5 nitrogen and oxygen atoms in total. The molecule has 1 amide bonds. The predicted molar refractivity (Wildman–Crippen MR) is 82.2 cm³/mol. The Hall–Kier alpha value is -1.59. The molecule has 0 aromatic heterocycles. The lowest BCUT2D eigenvalue weighted by atomic mass is 9.67. The van der Waals surface area contributed by atoms with E-state index in [1.807, 2.05) is 25.1 Å². The Morgan fingerprint density at radius 3 is 2.91 bits per heavy atom. The third kappa shape index (κ3) is 2.59. The van der Waals surface area contributed by atoms with Crippen molar-refractivity contribution in [3.63, 3.8) is 0 Å². The number of ether oxygens (including phenoxy) is 3. The largest absolute Gasteiger partial charge is 0.497 e. The number of hydrogen-bond donors (Lipinski definition) is 1. The van der Waals surface area contributed by atoms with Gasteiger partial charge in [0.25, 0.3) is 5.91 Å². The average Bonchev–Trinajstić information content (AvgIpc) is 2.94. The van der Waals surface area contributed by atoms with E-state index in [1.165, 1.54) is 0 Å². The summed E-state index contributed by atoms with van der Waals surface area (Å²) in [5, 5.41) is 3.18. The Balaban J connectivity index is 1.71. The first-order valence-corrected chi connectivity index (χ1v) is 7.71. The van der Waals surface area contributed by atoms with Crippen LogP contribution in [-0.4, -0.2) is 45.5 Å². The van der Waals surface area contributed by atoms with Crippen LogP contribution in [0, 0.1) is 18.8 Å². The van der Waals surface area contributed by atoms with Gasteiger partial charge in [-0.2, -0.15) is 0 Å². The zero-order valence-electron chi connectivity index (χ0n) is 13.3. The van der Waals surface area contributed by atoms with Crippen LogP contribution in [0.25, 0.3) is 0 Å². The van der Waals surface area contributed by atoms with Crippen LogP contribution >= 0.6 is 0 Å². The molecule has 1 heterocycles. The van der Waals surface area contributed by atoms with Crippen molar-refractivity contribution in [3.05, 3.63) is 29.3 Å². The van der Waals surface area contributed by atoms with Crippen molar-refractivity contribution in [2.75, 3.05) is 27.4 Å². The summed E-state index contributed by atoms with van der Waals surface area (Å²) in [5.74, 6) is 1.40. The lowest BCUT2D eigenvalue weighted by Crippen LogP contribution is -2.62. The Labute approximate surface area is 130 Å². The van der Waals surface area contributed by atoms with E-state index in [0.29, 0.717) is 18.1 Å². The molecule has 1 aromatic rings. The normalized spacial score (nSPS) is 29.6. The highest BCUT2D eigenvalue weighted by Gasteiger charge is 2.54. The minimum absolute atomic E-state index is 0.0309. The number of carbonyl (C=O) groups is 1. The second kappa shape index (κ2) is 6.26. The van der Waals surface area contributed by atoms with E-state index in [0.717, 1.165) is 24.3 Å². The highest BCUT2D eigenvalue weighted by Crippen LogP contribution is 2.43. The van der Waals surface area contributed by atoms with Gasteiger partial charge in [0, 0.05) is 37.2 Å². The number of aryl methyl sites for hydroxylation is 1. The fourth-order valence-corrected chi connectivity index (χ4v) is 3.68. The van der Waals surface area contributed by atoms with Crippen molar-refractivity contribution < 1.29 is 19.0 Å². The molecule has 1 saturated carbocycles. The first-order valence-electron chi connectivity index (χ1n) is 7.71. The Morgan fingerprint density at radius 1 is 1.41 bits per heavy atom. The van der Waals surface area contributed by atoms with Crippen LogP contribution in [0.5, 0.6) is 5.75 Å². The molecule has 1 aromatic carbocycles. The predicted octanol–water partition coefficient (Wildman–Crippen LogP) is 1.78. The van der Waals surface area contributed by atoms with Gasteiger partial charge in [-0.1, -0.05) is 0 Å². The van der Waals surface area contributed by atoms with E-state index in [9.17, 15) is 4.79 Å². The number of rotatable bonds is 5. The monoisotopic (exact) mass is 305 g/mol. The van der Waals surface area contributed by atoms with E-state index in [4.69, 9.17) is 14.2 Å². The third-order valence-electron chi connectivity index (χ3n) is 4.86. The minimum Gasteiger partial charge on any atom is -0.497 e. The van der Waals surface area contributed by atoms with Crippen LogP contribution in [0.2, 0.25) is 0 Å². The number of carbonyl (C=O) groups excluding carboxylic acids is 1. The van der Waals surface area contributed by atoms with E-state index in [-0.39, 0.29) is 24.0 Å². The molecule has 120 valence electrons. The lowest BCUT2D eigenvalue weighted by Gasteiger charge is -2.47. The Bertz CT molecular complexity index is 560. The van der Waals surface area contributed by atoms with Crippen molar-refractivity contribution in [3.8, 4) is 5.75 Å². The van der Waals surface area contributed by atoms with Gasteiger partial charge in [0.05, 0.1) is 19.8 Å². The fraction of sp³-hybridized carbons (Fsp3) is 0.588. The van der Waals surface area contributed by atoms with Gasteiger partial charge >= 0.3 is 0 Å². The molecule has 2 aliphatic rings. The molecule has 2 fully saturated rings. The van der Waals surface area contributed by atoms with E-state index < -0.39 is 0 Å². The molecule has 0 bridgehead atoms. The number of nitrogens with one attached hydrogen (secondary N) is 1. The number of amides is 1. The molecule has 0 spiro atoms. The van der Waals surface area contributed by atoms with Crippen molar-refractivity contribution in [2.45, 2.75) is 25.5 Å².